The van der Waals surface area contributed by atoms with Crippen LogP contribution in [0.1, 0.15) is 12.0 Å². The highest BCUT2D eigenvalue weighted by Crippen LogP contribution is 2.31. The van der Waals surface area contributed by atoms with E-state index < -0.39 is 41.6 Å². The number of alkyl halides is 3. The highest BCUT2D eigenvalue weighted by Gasteiger charge is 2.30. The molecule has 1 aromatic carbocycles. The molecular weight excluding hydrogens is 333 g/mol. The third kappa shape index (κ3) is 5.38. The summed E-state index contributed by atoms with van der Waals surface area (Å²) in [5.41, 5.74) is -1.89. The number of halogens is 3. The highest BCUT2D eigenvalue weighted by molar-refractivity contribution is 5.89. The Kier molecular flexibility index (Phi) is 6.45. The van der Waals surface area contributed by atoms with Gasteiger partial charge in [-0.15, -0.1) is 5.11 Å². The first-order chi connectivity index (χ1) is 11.2. The molecule has 0 unspecified atom stereocenters. The lowest BCUT2D eigenvalue weighted by Gasteiger charge is -2.06. The molecule has 0 aliphatic rings. The van der Waals surface area contributed by atoms with Crippen molar-refractivity contribution in [3.8, 4) is 0 Å². The average molecular weight is 346 g/mol. The SMILES string of the molecule is COC(=O)C/C(O)=C(/N=Nc1cccc(C(F)(F)F)c1)C(=O)OC. The first-order valence-electron chi connectivity index (χ1n) is 6.35. The summed E-state index contributed by atoms with van der Waals surface area (Å²) in [4.78, 5) is 22.6. The fourth-order valence-corrected chi connectivity index (χ4v) is 1.46. The largest absolute Gasteiger partial charge is 0.509 e. The molecule has 130 valence electrons. The van der Waals surface area contributed by atoms with Crippen LogP contribution in [-0.4, -0.2) is 31.3 Å². The molecule has 0 radical (unpaired) electrons. The van der Waals surface area contributed by atoms with E-state index in [9.17, 15) is 27.9 Å². The van der Waals surface area contributed by atoms with E-state index >= 15 is 0 Å². The van der Waals surface area contributed by atoms with Crippen LogP contribution in [-0.2, 0) is 25.2 Å². The molecule has 7 nitrogen and oxygen atoms in total. The number of carbonyl (C=O) groups excluding carboxylic acids is 2. The second-order valence-corrected chi connectivity index (χ2v) is 4.29. The molecule has 0 aromatic heterocycles. The molecule has 1 N–H and O–H groups in total. The quantitative estimate of drug-likeness (QED) is 0.382. The van der Waals surface area contributed by atoms with Gasteiger partial charge >= 0.3 is 18.1 Å². The minimum absolute atomic E-state index is 0.211. The molecule has 0 amide bonds. The molecule has 0 spiro atoms. The number of nitrogens with zero attached hydrogens (tertiary/aromatic N) is 2. The Morgan fingerprint density at radius 1 is 1.21 bits per heavy atom. The van der Waals surface area contributed by atoms with Crippen LogP contribution in [0.5, 0.6) is 0 Å². The van der Waals surface area contributed by atoms with E-state index in [1.807, 2.05) is 0 Å². The minimum atomic E-state index is -4.57. The van der Waals surface area contributed by atoms with Crippen molar-refractivity contribution in [2.24, 2.45) is 10.2 Å². The van der Waals surface area contributed by atoms with Crippen LogP contribution in [0.15, 0.2) is 46.0 Å². The molecule has 0 heterocycles. The number of azo groups is 1. The standard InChI is InChI=1S/C14H13F3N2O5/c1-23-11(21)7-10(20)12(13(22)24-2)19-18-9-5-3-4-8(6-9)14(15,16)17/h3-6,20H,7H2,1-2H3/b12-10-,19-18?. The van der Waals surface area contributed by atoms with Crippen molar-refractivity contribution in [2.75, 3.05) is 14.2 Å². The van der Waals surface area contributed by atoms with Crippen molar-refractivity contribution in [3.63, 3.8) is 0 Å². The predicted molar refractivity (Wildman–Crippen MR) is 74.3 cm³/mol. The summed E-state index contributed by atoms with van der Waals surface area (Å²) in [5.74, 6) is -2.76. The van der Waals surface area contributed by atoms with Crippen molar-refractivity contribution < 1.29 is 37.3 Å². The number of aliphatic hydroxyl groups is 1. The number of rotatable bonds is 5. The smallest absolute Gasteiger partial charge is 0.416 e. The van der Waals surface area contributed by atoms with Gasteiger partial charge in [0.05, 0.1) is 25.5 Å². The Hall–Kier alpha value is -2.91. The number of methoxy groups -OCH3 is 2. The van der Waals surface area contributed by atoms with E-state index in [0.29, 0.717) is 6.07 Å². The van der Waals surface area contributed by atoms with Crippen molar-refractivity contribution in [3.05, 3.63) is 41.3 Å². The van der Waals surface area contributed by atoms with E-state index in [1.54, 1.807) is 0 Å². The van der Waals surface area contributed by atoms with Gasteiger partial charge in [0.2, 0.25) is 5.70 Å². The number of hydrogen-bond acceptors (Lipinski definition) is 7. The summed E-state index contributed by atoms with van der Waals surface area (Å²) in [6.07, 6.45) is -5.25. The first kappa shape index (κ1) is 19.1. The van der Waals surface area contributed by atoms with Crippen molar-refractivity contribution in [1.82, 2.24) is 0 Å². The molecular formula is C14H13F3N2O5. The number of carbonyl (C=O) groups is 2. The zero-order valence-electron chi connectivity index (χ0n) is 12.6. The van der Waals surface area contributed by atoms with E-state index in [4.69, 9.17) is 0 Å². The summed E-state index contributed by atoms with van der Waals surface area (Å²) in [6, 6.07) is 3.86. The summed E-state index contributed by atoms with van der Waals surface area (Å²) >= 11 is 0. The van der Waals surface area contributed by atoms with Crippen LogP contribution in [0.2, 0.25) is 0 Å². The van der Waals surface area contributed by atoms with Gasteiger partial charge < -0.3 is 14.6 Å². The van der Waals surface area contributed by atoms with Gasteiger partial charge in [-0.3, -0.25) is 4.79 Å². The van der Waals surface area contributed by atoms with Gasteiger partial charge in [-0.1, -0.05) is 6.07 Å². The van der Waals surface area contributed by atoms with Crippen molar-refractivity contribution in [2.45, 2.75) is 12.6 Å². The molecule has 24 heavy (non-hydrogen) atoms. The molecule has 0 saturated carbocycles. The van der Waals surface area contributed by atoms with E-state index in [2.05, 4.69) is 19.7 Å². The number of aliphatic hydroxyl groups excluding tert-OH is 1. The maximum atomic E-state index is 12.6. The molecule has 0 fully saturated rings. The van der Waals surface area contributed by atoms with Crippen LogP contribution >= 0.6 is 0 Å². The molecule has 0 aliphatic heterocycles. The van der Waals surface area contributed by atoms with Crippen LogP contribution in [0.4, 0.5) is 18.9 Å². The second kappa shape index (κ2) is 8.09. The number of benzene rings is 1. The van der Waals surface area contributed by atoms with Crippen molar-refractivity contribution >= 4 is 17.6 Å². The topological polar surface area (TPSA) is 97.5 Å². The summed E-state index contributed by atoms with van der Waals surface area (Å²) in [7, 11) is 2.06. The minimum Gasteiger partial charge on any atom is -0.509 e. The van der Waals surface area contributed by atoms with Gasteiger partial charge in [-0.25, -0.2) is 4.79 Å². The first-order valence-corrected chi connectivity index (χ1v) is 6.35. The Balaban J connectivity index is 3.15. The number of esters is 2. The predicted octanol–water partition coefficient (Wildman–Crippen LogP) is 3.29. The lowest BCUT2D eigenvalue weighted by molar-refractivity contribution is -0.140. The van der Waals surface area contributed by atoms with Gasteiger partial charge in [-0.2, -0.15) is 18.3 Å². The number of ether oxygens (including phenoxy) is 2. The van der Waals surface area contributed by atoms with Gasteiger partial charge in [0.25, 0.3) is 0 Å². The molecule has 0 aliphatic carbocycles. The molecule has 1 aromatic rings. The van der Waals surface area contributed by atoms with E-state index in [1.165, 1.54) is 6.07 Å². The maximum absolute atomic E-state index is 12.6. The summed E-state index contributed by atoms with van der Waals surface area (Å²) < 4.78 is 46.5. The lowest BCUT2D eigenvalue weighted by atomic mass is 10.2. The highest BCUT2D eigenvalue weighted by atomic mass is 19.4. The fraction of sp³-hybridized carbons (Fsp3) is 0.286. The van der Waals surface area contributed by atoms with Crippen LogP contribution < -0.4 is 0 Å². The molecule has 0 atom stereocenters. The van der Waals surface area contributed by atoms with Crippen molar-refractivity contribution in [1.29, 1.82) is 0 Å². The monoisotopic (exact) mass is 346 g/mol. The number of hydrogen-bond donors (Lipinski definition) is 1. The van der Waals surface area contributed by atoms with Crippen LogP contribution in [0.25, 0.3) is 0 Å². The van der Waals surface area contributed by atoms with Gasteiger partial charge in [0.15, 0.2) is 0 Å². The summed E-state index contributed by atoms with van der Waals surface area (Å²) in [5, 5.41) is 16.6. The Morgan fingerprint density at radius 3 is 2.42 bits per heavy atom. The third-order valence-electron chi connectivity index (χ3n) is 2.63. The normalized spacial score (nSPS) is 12.7. The van der Waals surface area contributed by atoms with Crippen LogP contribution in [0.3, 0.4) is 0 Å². The fourth-order valence-electron chi connectivity index (χ4n) is 1.46. The Bertz CT molecular complexity index is 683. The molecule has 10 heteroatoms. The summed E-state index contributed by atoms with van der Waals surface area (Å²) in [6.45, 7) is 0. The Morgan fingerprint density at radius 2 is 1.88 bits per heavy atom. The molecule has 0 saturated heterocycles. The Labute approximate surface area is 134 Å². The van der Waals surface area contributed by atoms with Gasteiger partial charge in [0, 0.05) is 0 Å². The zero-order chi connectivity index (χ0) is 18.3. The van der Waals surface area contributed by atoms with Gasteiger partial charge in [-0.05, 0) is 18.2 Å². The van der Waals surface area contributed by atoms with E-state index in [-0.39, 0.29) is 5.69 Å². The second-order valence-electron chi connectivity index (χ2n) is 4.29. The molecule has 1 rings (SSSR count). The third-order valence-corrected chi connectivity index (χ3v) is 2.63. The van der Waals surface area contributed by atoms with Gasteiger partial charge in [0.1, 0.15) is 12.2 Å². The van der Waals surface area contributed by atoms with Crippen LogP contribution in [0, 0.1) is 0 Å². The lowest BCUT2D eigenvalue weighted by Crippen LogP contribution is -2.09. The maximum Gasteiger partial charge on any atom is 0.416 e. The average Bonchev–Trinajstić information content (AvgIpc) is 2.54. The molecule has 0 bridgehead atoms. The van der Waals surface area contributed by atoms with E-state index in [0.717, 1.165) is 26.4 Å². The zero-order valence-corrected chi connectivity index (χ0v) is 12.6.